The van der Waals surface area contributed by atoms with Crippen LogP contribution in [0.15, 0.2) is 12.2 Å². The zero-order valence-corrected chi connectivity index (χ0v) is 5.99. The van der Waals surface area contributed by atoms with Gasteiger partial charge in [0.25, 0.3) is 0 Å². The van der Waals surface area contributed by atoms with Gasteiger partial charge in [-0.3, -0.25) is 4.79 Å². The molecule has 0 aliphatic heterocycles. The van der Waals surface area contributed by atoms with E-state index in [0.29, 0.717) is 0 Å². The van der Waals surface area contributed by atoms with Crippen LogP contribution >= 0.6 is 0 Å². The molecule has 1 aliphatic carbocycles. The van der Waals surface area contributed by atoms with Crippen molar-refractivity contribution in [3.05, 3.63) is 12.2 Å². The first-order chi connectivity index (χ1) is 5.36. The molecule has 0 N–H and O–H groups in total. The van der Waals surface area contributed by atoms with E-state index in [9.17, 15) is 22.4 Å². The number of hydrogen-bond acceptors (Lipinski definition) is 1. The maximum Gasteiger partial charge on any atom is 0.316 e. The van der Waals surface area contributed by atoms with E-state index in [-0.39, 0.29) is 6.29 Å². The van der Waals surface area contributed by atoms with Crippen molar-refractivity contribution in [1.82, 2.24) is 0 Å². The van der Waals surface area contributed by atoms with Gasteiger partial charge in [0.05, 0.1) is 0 Å². The molecule has 0 heterocycles. The molecule has 0 amide bonds. The summed E-state index contributed by atoms with van der Waals surface area (Å²) in [6.07, 6.45) is -3.61. The van der Waals surface area contributed by atoms with Gasteiger partial charge in [-0.1, -0.05) is 6.58 Å². The molecule has 0 radical (unpaired) electrons. The molecule has 1 rings (SSSR count). The van der Waals surface area contributed by atoms with Crippen LogP contribution in [0.3, 0.4) is 0 Å². The Labute approximate surface area is 66.1 Å². The average molecular weight is 182 g/mol. The summed E-state index contributed by atoms with van der Waals surface area (Å²) in [5.74, 6) is -4.11. The van der Waals surface area contributed by atoms with Crippen LogP contribution in [0.5, 0.6) is 0 Å². The van der Waals surface area contributed by atoms with E-state index in [1.807, 2.05) is 0 Å². The molecule has 0 aromatic rings. The van der Waals surface area contributed by atoms with Gasteiger partial charge in [-0.15, -0.1) is 0 Å². The first-order valence-corrected chi connectivity index (χ1v) is 3.21. The second-order valence-corrected chi connectivity index (χ2v) is 2.74. The molecule has 0 spiro atoms. The van der Waals surface area contributed by atoms with Crippen molar-refractivity contribution in [2.75, 3.05) is 0 Å². The number of aldehydes is 1. The van der Waals surface area contributed by atoms with E-state index in [2.05, 4.69) is 6.58 Å². The molecule has 0 saturated heterocycles. The number of alkyl halides is 4. The summed E-state index contributed by atoms with van der Waals surface area (Å²) in [5.41, 5.74) is -4.07. The van der Waals surface area contributed by atoms with Gasteiger partial charge in [0, 0.05) is 12.0 Å². The zero-order valence-electron chi connectivity index (χ0n) is 5.99. The SMILES string of the molecule is C=C(C=O)C1(F)CC(F)C1(F)F. The standard InChI is InChI=1S/C7H6F4O/c1-4(3-12)6(9)2-5(8)7(6,10)11/h3,5H,1-2H2. The predicted octanol–water partition coefficient (Wildman–Crippen LogP) is 1.83. The summed E-state index contributed by atoms with van der Waals surface area (Å²) in [5, 5.41) is 0. The molecule has 5 heteroatoms. The smallest absolute Gasteiger partial charge is 0.298 e. The van der Waals surface area contributed by atoms with Crippen LogP contribution in [0.25, 0.3) is 0 Å². The van der Waals surface area contributed by atoms with Crippen LogP contribution in [0, 0.1) is 0 Å². The van der Waals surface area contributed by atoms with Gasteiger partial charge < -0.3 is 0 Å². The molecule has 1 nitrogen and oxygen atoms in total. The van der Waals surface area contributed by atoms with Gasteiger partial charge in [-0.2, -0.15) is 8.78 Å². The number of hydrogen-bond donors (Lipinski definition) is 0. The van der Waals surface area contributed by atoms with E-state index in [0.717, 1.165) is 0 Å². The van der Waals surface area contributed by atoms with Crippen LogP contribution in [-0.2, 0) is 4.79 Å². The zero-order chi connectivity index (χ0) is 9.57. The van der Waals surface area contributed by atoms with Crippen molar-refractivity contribution >= 4 is 6.29 Å². The molecular formula is C7H6F4O. The summed E-state index contributed by atoms with van der Waals surface area (Å²) < 4.78 is 50.0. The lowest BCUT2D eigenvalue weighted by Crippen LogP contribution is -2.64. The van der Waals surface area contributed by atoms with Crippen LogP contribution < -0.4 is 0 Å². The molecule has 0 bridgehead atoms. The maximum atomic E-state index is 13.0. The highest BCUT2D eigenvalue weighted by Gasteiger charge is 2.72. The third kappa shape index (κ3) is 0.820. The number of carbonyl (C=O) groups is 1. The monoisotopic (exact) mass is 182 g/mol. The lowest BCUT2D eigenvalue weighted by atomic mass is 9.72. The van der Waals surface area contributed by atoms with E-state index in [1.165, 1.54) is 0 Å². The third-order valence-electron chi connectivity index (χ3n) is 2.03. The second kappa shape index (κ2) is 2.31. The minimum atomic E-state index is -4.11. The fraction of sp³-hybridized carbons (Fsp3) is 0.571. The van der Waals surface area contributed by atoms with E-state index >= 15 is 0 Å². The normalized spacial score (nSPS) is 38.5. The summed E-state index contributed by atoms with van der Waals surface area (Å²) in [6, 6.07) is 0. The topological polar surface area (TPSA) is 17.1 Å². The number of halogens is 4. The van der Waals surface area contributed by atoms with Crippen molar-refractivity contribution in [3.63, 3.8) is 0 Å². The highest BCUT2D eigenvalue weighted by molar-refractivity contribution is 5.76. The summed E-state index contributed by atoms with van der Waals surface area (Å²) in [7, 11) is 0. The fourth-order valence-electron chi connectivity index (χ4n) is 1.07. The summed E-state index contributed by atoms with van der Waals surface area (Å²) in [6.45, 7) is 2.81. The van der Waals surface area contributed by atoms with Gasteiger partial charge in [0.15, 0.2) is 6.17 Å². The Balaban J connectivity index is 2.90. The number of carbonyl (C=O) groups excluding carboxylic acids is 1. The van der Waals surface area contributed by atoms with E-state index in [4.69, 9.17) is 0 Å². The van der Waals surface area contributed by atoms with Crippen molar-refractivity contribution in [1.29, 1.82) is 0 Å². The average Bonchev–Trinajstić information content (AvgIpc) is 2.03. The van der Waals surface area contributed by atoms with Gasteiger partial charge in [0.1, 0.15) is 6.29 Å². The molecule has 1 fully saturated rings. The van der Waals surface area contributed by atoms with Gasteiger partial charge in [0.2, 0.25) is 5.67 Å². The van der Waals surface area contributed by atoms with Gasteiger partial charge in [-0.25, -0.2) is 8.78 Å². The van der Waals surface area contributed by atoms with E-state index in [1.54, 1.807) is 0 Å². The Hall–Kier alpha value is -0.870. The number of allylic oxidation sites excluding steroid dienone is 1. The van der Waals surface area contributed by atoms with Crippen molar-refractivity contribution in [2.45, 2.75) is 24.2 Å². The Bertz CT molecular complexity index is 238. The Morgan fingerprint density at radius 3 is 2.25 bits per heavy atom. The molecule has 12 heavy (non-hydrogen) atoms. The van der Waals surface area contributed by atoms with Crippen molar-refractivity contribution < 1.29 is 22.4 Å². The van der Waals surface area contributed by atoms with Crippen LogP contribution in [-0.4, -0.2) is 24.0 Å². The van der Waals surface area contributed by atoms with Crippen molar-refractivity contribution in [2.24, 2.45) is 0 Å². The lowest BCUT2D eigenvalue weighted by Gasteiger charge is -2.44. The predicted molar refractivity (Wildman–Crippen MR) is 33.5 cm³/mol. The minimum absolute atomic E-state index is 0.111. The Morgan fingerprint density at radius 1 is 1.50 bits per heavy atom. The Kier molecular flexibility index (Phi) is 1.77. The van der Waals surface area contributed by atoms with Gasteiger partial charge in [-0.05, 0) is 0 Å². The molecule has 2 unspecified atom stereocenters. The molecule has 0 aromatic heterocycles. The van der Waals surface area contributed by atoms with Crippen molar-refractivity contribution in [3.8, 4) is 0 Å². The summed E-state index contributed by atoms with van der Waals surface area (Å²) >= 11 is 0. The molecule has 2 atom stereocenters. The lowest BCUT2D eigenvalue weighted by molar-refractivity contribution is -0.241. The van der Waals surface area contributed by atoms with Crippen LogP contribution in [0.1, 0.15) is 6.42 Å². The quantitative estimate of drug-likeness (QED) is 0.361. The van der Waals surface area contributed by atoms with E-state index < -0.39 is 29.8 Å². The van der Waals surface area contributed by atoms with Crippen LogP contribution in [0.2, 0.25) is 0 Å². The Morgan fingerprint density at radius 2 is 2.00 bits per heavy atom. The fourth-order valence-corrected chi connectivity index (χ4v) is 1.07. The number of rotatable bonds is 2. The molecule has 1 saturated carbocycles. The van der Waals surface area contributed by atoms with Crippen LogP contribution in [0.4, 0.5) is 17.6 Å². The molecule has 68 valence electrons. The molecular weight excluding hydrogens is 176 g/mol. The molecule has 0 aromatic carbocycles. The minimum Gasteiger partial charge on any atom is -0.298 e. The second-order valence-electron chi connectivity index (χ2n) is 2.74. The highest BCUT2D eigenvalue weighted by Crippen LogP contribution is 2.54. The third-order valence-corrected chi connectivity index (χ3v) is 2.03. The first-order valence-electron chi connectivity index (χ1n) is 3.21. The summed E-state index contributed by atoms with van der Waals surface area (Å²) in [4.78, 5) is 9.94. The molecule has 1 aliphatic rings. The van der Waals surface area contributed by atoms with Gasteiger partial charge >= 0.3 is 5.92 Å². The largest absolute Gasteiger partial charge is 0.316 e. The highest BCUT2D eigenvalue weighted by atomic mass is 19.3. The first kappa shape index (κ1) is 9.22. The maximum absolute atomic E-state index is 13.0.